The van der Waals surface area contributed by atoms with Crippen molar-refractivity contribution >= 4 is 18.9 Å². The lowest BCUT2D eigenvalue weighted by Gasteiger charge is -2.19. The lowest BCUT2D eigenvalue weighted by Crippen LogP contribution is -2.21. The summed E-state index contributed by atoms with van der Waals surface area (Å²) in [6.45, 7) is 0. The van der Waals surface area contributed by atoms with Gasteiger partial charge in [0.1, 0.15) is 6.10 Å². The molecule has 2 unspecified atom stereocenters. The zero-order chi connectivity index (χ0) is 13.7. The Kier molecular flexibility index (Phi) is 5.46. The molecule has 0 heterocycles. The summed E-state index contributed by atoms with van der Waals surface area (Å²) in [6.07, 6.45) is -1.68. The molecular weight excluding hydrogens is 256 g/mol. The number of methoxy groups -OCH3 is 2. The molecule has 0 fully saturated rings. The highest BCUT2D eigenvalue weighted by Crippen LogP contribution is 2.33. The zero-order valence-corrected chi connectivity index (χ0v) is 11.1. The fourth-order valence-electron chi connectivity index (χ4n) is 1.58. The van der Waals surface area contributed by atoms with Crippen LogP contribution in [-0.4, -0.2) is 42.6 Å². The topological polar surface area (TPSA) is 76.0 Å². The molecule has 0 saturated carbocycles. The van der Waals surface area contributed by atoms with E-state index in [2.05, 4.69) is 12.6 Å². The fourth-order valence-corrected chi connectivity index (χ4v) is 1.78. The summed E-state index contributed by atoms with van der Waals surface area (Å²) in [5.74, 6) is 0.841. The van der Waals surface area contributed by atoms with Crippen LogP contribution in [-0.2, 0) is 0 Å². The average molecular weight is 272 g/mol. The molecule has 2 N–H and O–H groups in total. The first kappa shape index (κ1) is 14.8. The Bertz CT molecular complexity index is 421. The Morgan fingerprint density at radius 3 is 2.28 bits per heavy atom. The molecular formula is C12H16O5S. The number of hydrogen-bond acceptors (Lipinski definition) is 6. The largest absolute Gasteiger partial charge is 0.493 e. The van der Waals surface area contributed by atoms with Gasteiger partial charge < -0.3 is 19.7 Å². The molecule has 0 spiro atoms. The molecule has 0 saturated heterocycles. The first-order chi connectivity index (χ1) is 8.58. The van der Waals surface area contributed by atoms with Crippen molar-refractivity contribution in [3.05, 3.63) is 23.3 Å². The monoisotopic (exact) mass is 272 g/mol. The molecule has 0 aliphatic carbocycles. The lowest BCUT2D eigenvalue weighted by atomic mass is 9.99. The first-order valence-corrected chi connectivity index (χ1v) is 5.90. The number of rotatable bonds is 6. The van der Waals surface area contributed by atoms with Crippen LogP contribution in [0.3, 0.4) is 0 Å². The summed E-state index contributed by atoms with van der Waals surface area (Å²) in [5.41, 5.74) is 0.519. The minimum absolute atomic E-state index is 0.0772. The minimum atomic E-state index is -1.21. The number of hydrogen-bond donors (Lipinski definition) is 3. The molecule has 0 aromatic heterocycles. The van der Waals surface area contributed by atoms with Crippen LogP contribution in [0.2, 0.25) is 0 Å². The van der Waals surface area contributed by atoms with Gasteiger partial charge in [-0.3, -0.25) is 4.79 Å². The predicted molar refractivity (Wildman–Crippen MR) is 69.8 cm³/mol. The van der Waals surface area contributed by atoms with Gasteiger partial charge in [-0.1, -0.05) is 0 Å². The third kappa shape index (κ3) is 2.95. The Morgan fingerprint density at radius 1 is 1.28 bits per heavy atom. The second kappa shape index (κ2) is 6.63. The van der Waals surface area contributed by atoms with Gasteiger partial charge in [0.15, 0.2) is 17.8 Å². The number of carbonyl (C=O) groups excluding carboxylic acids is 1. The highest BCUT2D eigenvalue weighted by Gasteiger charge is 2.22. The van der Waals surface area contributed by atoms with E-state index in [-0.39, 0.29) is 16.9 Å². The van der Waals surface area contributed by atoms with Gasteiger partial charge in [-0.25, -0.2) is 0 Å². The molecule has 18 heavy (non-hydrogen) atoms. The quantitative estimate of drug-likeness (QED) is 0.528. The maximum absolute atomic E-state index is 11.0. The number of aliphatic hydroxyl groups excluding tert-OH is 2. The van der Waals surface area contributed by atoms with Crippen LogP contribution >= 0.6 is 12.6 Å². The van der Waals surface area contributed by atoms with Crippen molar-refractivity contribution in [2.45, 2.75) is 12.2 Å². The van der Waals surface area contributed by atoms with Gasteiger partial charge in [-0.05, 0) is 17.7 Å². The van der Waals surface area contributed by atoms with Crippen LogP contribution in [0.5, 0.6) is 11.5 Å². The maximum atomic E-state index is 11.0. The van der Waals surface area contributed by atoms with Crippen LogP contribution in [0.15, 0.2) is 12.1 Å². The zero-order valence-electron chi connectivity index (χ0n) is 10.2. The number of thiol groups is 1. The molecule has 0 bridgehead atoms. The Balaban J connectivity index is 3.29. The van der Waals surface area contributed by atoms with Crippen molar-refractivity contribution < 1.29 is 24.5 Å². The molecule has 5 nitrogen and oxygen atoms in total. The summed E-state index contributed by atoms with van der Waals surface area (Å²) in [5, 5.41) is 19.5. The number of benzene rings is 1. The third-order valence-corrected chi connectivity index (χ3v) is 2.96. The minimum Gasteiger partial charge on any atom is -0.493 e. The van der Waals surface area contributed by atoms with Crippen LogP contribution in [0.4, 0.5) is 0 Å². The molecule has 100 valence electrons. The average Bonchev–Trinajstić information content (AvgIpc) is 2.43. The van der Waals surface area contributed by atoms with Gasteiger partial charge in [-0.15, -0.1) is 0 Å². The molecule has 1 aromatic rings. The molecule has 2 atom stereocenters. The van der Waals surface area contributed by atoms with Crippen molar-refractivity contribution in [1.29, 1.82) is 0 Å². The van der Waals surface area contributed by atoms with Crippen LogP contribution in [0.25, 0.3) is 0 Å². The lowest BCUT2D eigenvalue weighted by molar-refractivity contribution is 0.0332. The second-order valence-electron chi connectivity index (χ2n) is 3.65. The highest BCUT2D eigenvalue weighted by molar-refractivity contribution is 7.80. The highest BCUT2D eigenvalue weighted by atomic mass is 32.1. The van der Waals surface area contributed by atoms with Crippen LogP contribution < -0.4 is 9.47 Å². The van der Waals surface area contributed by atoms with Crippen molar-refractivity contribution in [2.75, 3.05) is 20.0 Å². The van der Waals surface area contributed by atoms with Gasteiger partial charge in [-0.2, -0.15) is 12.6 Å². The van der Waals surface area contributed by atoms with Crippen LogP contribution in [0, 0.1) is 0 Å². The summed E-state index contributed by atoms with van der Waals surface area (Å²) >= 11 is 3.90. The molecule has 1 rings (SSSR count). The van der Waals surface area contributed by atoms with Gasteiger partial charge in [0.25, 0.3) is 0 Å². The van der Waals surface area contributed by atoms with E-state index in [4.69, 9.17) is 9.47 Å². The van der Waals surface area contributed by atoms with E-state index in [9.17, 15) is 15.0 Å². The van der Waals surface area contributed by atoms with Gasteiger partial charge in [0, 0.05) is 11.3 Å². The third-order valence-electron chi connectivity index (χ3n) is 2.59. The van der Waals surface area contributed by atoms with E-state index in [1.807, 2.05) is 0 Å². The molecule has 0 radical (unpaired) electrons. The molecule has 6 heteroatoms. The molecule has 0 aliphatic rings. The Labute approximate surface area is 111 Å². The molecule has 0 amide bonds. The smallest absolute Gasteiger partial charge is 0.161 e. The van der Waals surface area contributed by atoms with Gasteiger partial charge in [0.05, 0.1) is 20.3 Å². The Hall–Kier alpha value is -1.24. The van der Waals surface area contributed by atoms with Crippen molar-refractivity contribution in [3.8, 4) is 11.5 Å². The van der Waals surface area contributed by atoms with E-state index in [0.29, 0.717) is 17.8 Å². The molecule has 0 aliphatic heterocycles. The Morgan fingerprint density at radius 2 is 1.83 bits per heavy atom. The first-order valence-electron chi connectivity index (χ1n) is 5.27. The van der Waals surface area contributed by atoms with Crippen molar-refractivity contribution in [2.24, 2.45) is 0 Å². The summed E-state index contributed by atoms with van der Waals surface area (Å²) < 4.78 is 10.1. The van der Waals surface area contributed by atoms with E-state index in [1.165, 1.54) is 26.4 Å². The van der Waals surface area contributed by atoms with Crippen LogP contribution in [0.1, 0.15) is 22.0 Å². The van der Waals surface area contributed by atoms with Crippen molar-refractivity contribution in [3.63, 3.8) is 0 Å². The van der Waals surface area contributed by atoms with E-state index < -0.39 is 12.2 Å². The predicted octanol–water partition coefficient (Wildman–Crippen LogP) is 0.840. The summed E-state index contributed by atoms with van der Waals surface area (Å²) in [6, 6.07) is 2.93. The van der Waals surface area contributed by atoms with Gasteiger partial charge >= 0.3 is 0 Å². The van der Waals surface area contributed by atoms with E-state index in [1.54, 1.807) is 0 Å². The fraction of sp³-hybridized carbons (Fsp3) is 0.417. The number of carbonyl (C=O) groups is 1. The van der Waals surface area contributed by atoms with Crippen molar-refractivity contribution in [1.82, 2.24) is 0 Å². The standard InChI is InChI=1S/C12H16O5S/c1-16-10-3-7(5-13)8(4-11(10)17-2)12(15)9(14)6-18/h3-5,9,12,14-15,18H,6H2,1-2H3. The maximum Gasteiger partial charge on any atom is 0.161 e. The van der Waals surface area contributed by atoms with E-state index in [0.717, 1.165) is 0 Å². The van der Waals surface area contributed by atoms with E-state index >= 15 is 0 Å². The number of aldehydes is 1. The number of ether oxygens (including phenoxy) is 2. The normalized spacial score (nSPS) is 13.8. The second-order valence-corrected chi connectivity index (χ2v) is 4.01. The summed E-state index contributed by atoms with van der Waals surface area (Å²) in [4.78, 5) is 11.0. The number of aliphatic hydroxyl groups is 2. The molecule has 1 aromatic carbocycles. The summed E-state index contributed by atoms with van der Waals surface area (Å²) in [7, 11) is 2.90. The SMILES string of the molecule is COc1cc(C=O)c(C(O)C(O)CS)cc1OC. The van der Waals surface area contributed by atoms with Gasteiger partial charge in [0.2, 0.25) is 0 Å².